The lowest BCUT2D eigenvalue weighted by Crippen LogP contribution is -2.32. The van der Waals surface area contributed by atoms with Crippen molar-refractivity contribution in [2.75, 3.05) is 11.9 Å². The van der Waals surface area contributed by atoms with Crippen molar-refractivity contribution in [3.05, 3.63) is 64.9 Å². The lowest BCUT2D eigenvalue weighted by molar-refractivity contribution is 0.0247. The summed E-state index contributed by atoms with van der Waals surface area (Å²) in [5, 5.41) is 6.73. The number of ketones is 1. The molecule has 4 rings (SSSR count). The van der Waals surface area contributed by atoms with Gasteiger partial charge in [-0.2, -0.15) is 5.10 Å². The van der Waals surface area contributed by atoms with Crippen molar-refractivity contribution >= 4 is 17.4 Å². The van der Waals surface area contributed by atoms with Crippen LogP contribution in [-0.4, -0.2) is 45.3 Å². The van der Waals surface area contributed by atoms with Crippen LogP contribution in [-0.2, 0) is 11.8 Å². The molecule has 0 unspecified atom stereocenters. The number of carbonyl (C=O) groups is 2. The monoisotopic (exact) mass is 519 g/mol. The second-order valence-corrected chi connectivity index (χ2v) is 8.72. The molecule has 0 spiro atoms. The zero-order valence-electron chi connectivity index (χ0n) is 20.1. The van der Waals surface area contributed by atoms with Gasteiger partial charge in [-0.05, 0) is 37.1 Å². The van der Waals surface area contributed by atoms with E-state index in [9.17, 15) is 27.2 Å². The average Bonchev–Trinajstić information content (AvgIpc) is 3.14. The summed E-state index contributed by atoms with van der Waals surface area (Å²) >= 11 is 0. The fourth-order valence-corrected chi connectivity index (χ4v) is 4.18. The Morgan fingerprint density at radius 2 is 1.86 bits per heavy atom. The van der Waals surface area contributed by atoms with E-state index in [4.69, 9.17) is 10.5 Å². The van der Waals surface area contributed by atoms with Gasteiger partial charge < -0.3 is 15.8 Å². The molecule has 0 bridgehead atoms. The lowest BCUT2D eigenvalue weighted by Gasteiger charge is -2.17. The maximum atomic E-state index is 14.7. The average molecular weight is 519 g/mol. The van der Waals surface area contributed by atoms with Crippen LogP contribution in [0.4, 0.5) is 23.2 Å². The number of hydrogen-bond donors (Lipinski definition) is 2. The van der Waals surface area contributed by atoms with Crippen molar-refractivity contribution in [1.82, 2.24) is 14.8 Å². The molecule has 0 radical (unpaired) electrons. The number of aromatic nitrogens is 3. The maximum absolute atomic E-state index is 14.7. The first-order valence-corrected chi connectivity index (χ1v) is 11.6. The number of halogens is 4. The predicted octanol–water partition coefficient (Wildman–Crippen LogP) is 4.26. The zero-order valence-corrected chi connectivity index (χ0v) is 20.1. The molecule has 1 aromatic carbocycles. The number of alkyl halides is 1. The fourth-order valence-electron chi connectivity index (χ4n) is 4.18. The van der Waals surface area contributed by atoms with Crippen LogP contribution in [0.2, 0.25) is 0 Å². The van der Waals surface area contributed by atoms with Crippen LogP contribution >= 0.6 is 0 Å². The van der Waals surface area contributed by atoms with Crippen molar-refractivity contribution in [1.29, 1.82) is 0 Å². The van der Waals surface area contributed by atoms with Crippen molar-refractivity contribution in [2.45, 2.75) is 44.5 Å². The highest BCUT2D eigenvalue weighted by molar-refractivity contribution is 6.03. The van der Waals surface area contributed by atoms with E-state index < -0.39 is 58.7 Å². The fraction of sp³-hybridized carbons (Fsp3) is 0.360. The lowest BCUT2D eigenvalue weighted by atomic mass is 10.0. The molecule has 3 aromatic rings. The quantitative estimate of drug-likeness (QED) is 0.372. The van der Waals surface area contributed by atoms with E-state index in [1.165, 1.54) is 17.8 Å². The molecule has 12 heteroatoms. The Hall–Kier alpha value is -3.64. The summed E-state index contributed by atoms with van der Waals surface area (Å²) in [7, 11) is 1.62. The first-order chi connectivity index (χ1) is 17.6. The number of carbonyl (C=O) groups excluding carboxylic acids is 2. The SMILES string of the molecule is CCC(=O)c1cc(F)c(-c2nc(C(=O)Nc3cnn(C)c3[C@@H]3CC[C@@H](N)[C@H](F)CO3)ccc2F)c(F)c1. The summed E-state index contributed by atoms with van der Waals surface area (Å²) < 4.78 is 65.2. The molecule has 3 heterocycles. The van der Waals surface area contributed by atoms with E-state index >= 15 is 0 Å². The summed E-state index contributed by atoms with van der Waals surface area (Å²) in [6.07, 6.45) is 0.211. The van der Waals surface area contributed by atoms with Gasteiger partial charge in [0.1, 0.15) is 41.1 Å². The topological polar surface area (TPSA) is 112 Å². The maximum Gasteiger partial charge on any atom is 0.274 e. The number of pyridine rings is 1. The number of aryl methyl sites for hydroxylation is 1. The third kappa shape index (κ3) is 5.39. The minimum Gasteiger partial charge on any atom is -0.369 e. The van der Waals surface area contributed by atoms with E-state index in [0.29, 0.717) is 18.5 Å². The van der Waals surface area contributed by atoms with Crippen LogP contribution in [0.15, 0.2) is 30.5 Å². The standard InChI is InChI=1S/C25H25F4N5O3/c1-3-20(35)12-8-14(27)22(15(28)9-12)23-13(26)4-6-18(32-23)25(36)33-19-10-31-34(2)24(19)21-7-5-17(30)16(29)11-37-21/h4,6,8-10,16-17,21H,3,5,7,11,30H2,1-2H3,(H,33,36)/t16-,17-,21+/m1/s1. The van der Waals surface area contributed by atoms with Gasteiger partial charge in [0.2, 0.25) is 0 Å². The Kier molecular flexibility index (Phi) is 7.69. The largest absolute Gasteiger partial charge is 0.369 e. The Labute approximate surface area is 209 Å². The van der Waals surface area contributed by atoms with E-state index in [1.807, 2.05) is 0 Å². The smallest absolute Gasteiger partial charge is 0.274 e. The number of amides is 1. The Morgan fingerprint density at radius 1 is 1.16 bits per heavy atom. The molecule has 1 amide bonds. The van der Waals surface area contributed by atoms with Gasteiger partial charge in [-0.25, -0.2) is 22.5 Å². The molecule has 1 aliphatic rings. The van der Waals surface area contributed by atoms with Gasteiger partial charge >= 0.3 is 0 Å². The molecule has 2 aromatic heterocycles. The number of ether oxygens (including phenoxy) is 1. The van der Waals surface area contributed by atoms with Gasteiger partial charge in [0.05, 0.1) is 29.7 Å². The molecule has 37 heavy (non-hydrogen) atoms. The van der Waals surface area contributed by atoms with Crippen LogP contribution in [0.1, 0.15) is 58.8 Å². The van der Waals surface area contributed by atoms with Gasteiger partial charge in [-0.3, -0.25) is 14.3 Å². The van der Waals surface area contributed by atoms with Gasteiger partial charge in [0.15, 0.2) is 5.78 Å². The van der Waals surface area contributed by atoms with Crippen molar-refractivity contribution in [3.63, 3.8) is 0 Å². The first-order valence-electron chi connectivity index (χ1n) is 11.6. The van der Waals surface area contributed by atoms with Gasteiger partial charge in [-0.15, -0.1) is 0 Å². The minimum absolute atomic E-state index is 0.0316. The third-order valence-corrected chi connectivity index (χ3v) is 6.22. The van der Waals surface area contributed by atoms with Crippen molar-refractivity contribution in [3.8, 4) is 11.3 Å². The number of nitrogens with one attached hydrogen (secondary N) is 1. The van der Waals surface area contributed by atoms with Crippen molar-refractivity contribution < 1.29 is 31.9 Å². The minimum atomic E-state index is -1.33. The highest BCUT2D eigenvalue weighted by Crippen LogP contribution is 2.33. The summed E-state index contributed by atoms with van der Waals surface area (Å²) in [4.78, 5) is 28.7. The molecular weight excluding hydrogens is 494 g/mol. The van der Waals surface area contributed by atoms with E-state index in [2.05, 4.69) is 15.4 Å². The molecule has 3 N–H and O–H groups in total. The molecule has 1 saturated heterocycles. The second kappa shape index (κ2) is 10.8. The summed E-state index contributed by atoms with van der Waals surface area (Å²) in [6.45, 7) is 1.32. The molecule has 0 saturated carbocycles. The number of nitrogens with two attached hydrogens (primary N) is 1. The van der Waals surface area contributed by atoms with E-state index in [0.717, 1.165) is 24.3 Å². The molecule has 8 nitrogen and oxygen atoms in total. The number of Topliss-reactive ketones (excluding diaryl/α,β-unsaturated/α-hetero) is 1. The summed E-state index contributed by atoms with van der Waals surface area (Å²) in [5.41, 5.74) is 4.46. The van der Waals surface area contributed by atoms with Crippen molar-refractivity contribution in [2.24, 2.45) is 12.8 Å². The van der Waals surface area contributed by atoms with Crippen LogP contribution in [0.5, 0.6) is 0 Å². The van der Waals surface area contributed by atoms with Crippen LogP contribution in [0, 0.1) is 17.5 Å². The summed E-state index contributed by atoms with van der Waals surface area (Å²) in [5.74, 6) is -4.73. The van der Waals surface area contributed by atoms with Gasteiger partial charge in [0, 0.05) is 25.1 Å². The second-order valence-electron chi connectivity index (χ2n) is 8.72. The Bertz CT molecular complexity index is 1310. The molecule has 1 fully saturated rings. The number of anilines is 1. The molecular formula is C25H25F4N5O3. The third-order valence-electron chi connectivity index (χ3n) is 6.22. The van der Waals surface area contributed by atoms with Crippen LogP contribution in [0.3, 0.4) is 0 Å². The van der Waals surface area contributed by atoms with Crippen LogP contribution < -0.4 is 11.1 Å². The molecule has 0 aliphatic carbocycles. The summed E-state index contributed by atoms with van der Waals surface area (Å²) in [6, 6.07) is 2.86. The number of rotatable bonds is 6. The molecule has 3 atom stereocenters. The van der Waals surface area contributed by atoms with E-state index in [1.54, 1.807) is 7.05 Å². The predicted molar refractivity (Wildman–Crippen MR) is 126 cm³/mol. The highest BCUT2D eigenvalue weighted by atomic mass is 19.1. The highest BCUT2D eigenvalue weighted by Gasteiger charge is 2.30. The number of hydrogen-bond acceptors (Lipinski definition) is 6. The van der Waals surface area contributed by atoms with E-state index in [-0.39, 0.29) is 30.0 Å². The van der Waals surface area contributed by atoms with Crippen LogP contribution in [0.25, 0.3) is 11.3 Å². The molecule has 1 aliphatic heterocycles. The Morgan fingerprint density at radius 3 is 2.54 bits per heavy atom. The van der Waals surface area contributed by atoms with Gasteiger partial charge in [-0.1, -0.05) is 6.92 Å². The Balaban J connectivity index is 1.63. The normalized spacial score (nSPS) is 19.9. The number of benzene rings is 1. The molecule has 196 valence electrons. The first kappa shape index (κ1) is 26.4. The number of nitrogens with zero attached hydrogens (tertiary/aromatic N) is 3. The van der Waals surface area contributed by atoms with Gasteiger partial charge in [0.25, 0.3) is 5.91 Å². The zero-order chi connectivity index (χ0) is 26.9.